The number of aliphatic hydroxyl groups excluding tert-OH is 1. The fraction of sp³-hybridized carbons (Fsp3) is 0.727. The fourth-order valence-corrected chi connectivity index (χ4v) is 1.96. The lowest BCUT2D eigenvalue weighted by atomic mass is 9.96. The van der Waals surface area contributed by atoms with Crippen LogP contribution < -0.4 is 5.32 Å². The average Bonchev–Trinajstić information content (AvgIpc) is 2.68. The average molecular weight is 210 g/mol. The molecule has 0 radical (unpaired) electrons. The van der Waals surface area contributed by atoms with Gasteiger partial charge in [-0.25, -0.2) is 4.98 Å². The fourth-order valence-electron chi connectivity index (χ4n) is 1.96. The van der Waals surface area contributed by atoms with E-state index in [0.29, 0.717) is 11.6 Å². The van der Waals surface area contributed by atoms with E-state index in [1.54, 1.807) is 13.2 Å². The highest BCUT2D eigenvalue weighted by molar-refractivity contribution is 5.00. The molecule has 2 rings (SSSR count). The summed E-state index contributed by atoms with van der Waals surface area (Å²) in [6, 6.07) is 0. The molecule has 1 aromatic rings. The zero-order valence-corrected chi connectivity index (χ0v) is 9.07. The van der Waals surface area contributed by atoms with Crippen molar-refractivity contribution >= 4 is 0 Å². The van der Waals surface area contributed by atoms with Gasteiger partial charge in [0, 0.05) is 6.42 Å². The number of hydrogen-bond donors (Lipinski definition) is 2. The van der Waals surface area contributed by atoms with Crippen LogP contribution in [0.15, 0.2) is 10.7 Å². The number of nitrogens with zero attached hydrogens (tertiary/aromatic N) is 1. The Morgan fingerprint density at radius 3 is 3.20 bits per heavy atom. The molecule has 84 valence electrons. The van der Waals surface area contributed by atoms with Crippen molar-refractivity contribution in [1.29, 1.82) is 0 Å². The third-order valence-electron chi connectivity index (χ3n) is 2.86. The lowest BCUT2D eigenvalue weighted by Gasteiger charge is -2.21. The molecule has 2 N–H and O–H groups in total. The number of oxazole rings is 1. The van der Waals surface area contributed by atoms with Crippen molar-refractivity contribution < 1.29 is 9.52 Å². The van der Waals surface area contributed by atoms with Gasteiger partial charge in [0.2, 0.25) is 0 Å². The van der Waals surface area contributed by atoms with E-state index in [-0.39, 0.29) is 0 Å². The van der Waals surface area contributed by atoms with Crippen LogP contribution in [0.1, 0.15) is 37.5 Å². The Morgan fingerprint density at radius 1 is 1.73 bits per heavy atom. The first-order valence-electron chi connectivity index (χ1n) is 5.59. The molecular weight excluding hydrogens is 192 g/mol. The van der Waals surface area contributed by atoms with E-state index in [1.807, 2.05) is 0 Å². The van der Waals surface area contributed by atoms with Gasteiger partial charge in [-0.2, -0.15) is 0 Å². The SMILES string of the molecule is CC(O)c1coc(CC2CCCNC2)n1. The van der Waals surface area contributed by atoms with Gasteiger partial charge in [0.15, 0.2) is 5.89 Å². The summed E-state index contributed by atoms with van der Waals surface area (Å²) in [5.74, 6) is 1.37. The van der Waals surface area contributed by atoms with Crippen LogP contribution in [-0.4, -0.2) is 23.2 Å². The highest BCUT2D eigenvalue weighted by Crippen LogP contribution is 2.18. The van der Waals surface area contributed by atoms with E-state index in [9.17, 15) is 5.11 Å². The summed E-state index contributed by atoms with van der Waals surface area (Å²) >= 11 is 0. The first kappa shape index (κ1) is 10.6. The largest absolute Gasteiger partial charge is 0.449 e. The molecule has 0 amide bonds. The van der Waals surface area contributed by atoms with Crippen molar-refractivity contribution in [3.05, 3.63) is 17.8 Å². The van der Waals surface area contributed by atoms with Crippen LogP contribution in [0.4, 0.5) is 0 Å². The lowest BCUT2D eigenvalue weighted by molar-refractivity contribution is 0.194. The van der Waals surface area contributed by atoms with Crippen LogP contribution >= 0.6 is 0 Å². The highest BCUT2D eigenvalue weighted by atomic mass is 16.3. The second kappa shape index (κ2) is 4.77. The summed E-state index contributed by atoms with van der Waals surface area (Å²) < 4.78 is 5.33. The quantitative estimate of drug-likeness (QED) is 0.788. The highest BCUT2D eigenvalue weighted by Gasteiger charge is 2.17. The van der Waals surface area contributed by atoms with Crippen LogP contribution in [0, 0.1) is 5.92 Å². The third-order valence-corrected chi connectivity index (χ3v) is 2.86. The minimum Gasteiger partial charge on any atom is -0.449 e. The van der Waals surface area contributed by atoms with Crippen molar-refractivity contribution in [2.75, 3.05) is 13.1 Å². The molecule has 0 spiro atoms. The Kier molecular flexibility index (Phi) is 3.38. The minimum atomic E-state index is -0.535. The predicted molar refractivity (Wildman–Crippen MR) is 56.4 cm³/mol. The molecule has 1 aliphatic rings. The molecule has 0 aliphatic carbocycles. The molecule has 0 saturated carbocycles. The summed E-state index contributed by atoms with van der Waals surface area (Å²) in [6.45, 7) is 3.87. The Hall–Kier alpha value is -0.870. The van der Waals surface area contributed by atoms with Crippen molar-refractivity contribution in [2.45, 2.75) is 32.3 Å². The lowest BCUT2D eigenvalue weighted by Crippen LogP contribution is -2.30. The van der Waals surface area contributed by atoms with Gasteiger partial charge in [-0.15, -0.1) is 0 Å². The molecule has 2 heterocycles. The zero-order valence-electron chi connectivity index (χ0n) is 9.07. The van der Waals surface area contributed by atoms with E-state index in [1.165, 1.54) is 12.8 Å². The molecule has 2 atom stereocenters. The molecule has 1 saturated heterocycles. The normalized spacial score (nSPS) is 24.0. The first-order chi connectivity index (χ1) is 7.25. The van der Waals surface area contributed by atoms with Crippen molar-refractivity contribution in [3.63, 3.8) is 0 Å². The summed E-state index contributed by atoms with van der Waals surface area (Å²) in [4.78, 5) is 4.26. The second-order valence-electron chi connectivity index (χ2n) is 4.26. The van der Waals surface area contributed by atoms with Crippen LogP contribution in [-0.2, 0) is 6.42 Å². The van der Waals surface area contributed by atoms with Crippen LogP contribution in [0.25, 0.3) is 0 Å². The molecule has 0 aromatic carbocycles. The van der Waals surface area contributed by atoms with E-state index in [2.05, 4.69) is 10.3 Å². The number of hydrogen-bond acceptors (Lipinski definition) is 4. The van der Waals surface area contributed by atoms with E-state index >= 15 is 0 Å². The van der Waals surface area contributed by atoms with Gasteiger partial charge in [0.25, 0.3) is 0 Å². The monoisotopic (exact) mass is 210 g/mol. The predicted octanol–water partition coefficient (Wildman–Crippen LogP) is 1.27. The Morgan fingerprint density at radius 2 is 2.60 bits per heavy atom. The van der Waals surface area contributed by atoms with Gasteiger partial charge in [-0.1, -0.05) is 0 Å². The number of piperidine rings is 1. The maximum Gasteiger partial charge on any atom is 0.194 e. The zero-order chi connectivity index (χ0) is 10.7. The maximum absolute atomic E-state index is 9.31. The van der Waals surface area contributed by atoms with Crippen molar-refractivity contribution in [3.8, 4) is 0 Å². The molecular formula is C11H18N2O2. The Labute approximate surface area is 89.7 Å². The number of rotatable bonds is 3. The van der Waals surface area contributed by atoms with E-state index in [4.69, 9.17) is 4.42 Å². The standard InChI is InChI=1S/C11H18N2O2/c1-8(14)10-7-15-11(13-10)5-9-3-2-4-12-6-9/h7-9,12,14H,2-6H2,1H3. The molecule has 4 nitrogen and oxygen atoms in total. The molecule has 1 aromatic heterocycles. The summed E-state index contributed by atoms with van der Waals surface area (Å²) in [5.41, 5.74) is 0.633. The first-order valence-corrected chi connectivity index (χ1v) is 5.59. The van der Waals surface area contributed by atoms with Crippen molar-refractivity contribution in [2.24, 2.45) is 5.92 Å². The third kappa shape index (κ3) is 2.79. The van der Waals surface area contributed by atoms with Gasteiger partial charge in [0.1, 0.15) is 12.0 Å². The van der Waals surface area contributed by atoms with Gasteiger partial charge in [-0.3, -0.25) is 0 Å². The van der Waals surface area contributed by atoms with Gasteiger partial charge in [0.05, 0.1) is 6.10 Å². The van der Waals surface area contributed by atoms with Crippen LogP contribution in [0.5, 0.6) is 0 Å². The topological polar surface area (TPSA) is 58.3 Å². The number of aliphatic hydroxyl groups is 1. The molecule has 1 fully saturated rings. The molecule has 15 heavy (non-hydrogen) atoms. The van der Waals surface area contributed by atoms with Crippen LogP contribution in [0.3, 0.4) is 0 Å². The van der Waals surface area contributed by atoms with Crippen molar-refractivity contribution in [1.82, 2.24) is 10.3 Å². The molecule has 2 unspecified atom stereocenters. The van der Waals surface area contributed by atoms with Gasteiger partial charge < -0.3 is 14.8 Å². The Bertz CT molecular complexity index is 303. The van der Waals surface area contributed by atoms with E-state index < -0.39 is 6.10 Å². The van der Waals surface area contributed by atoms with Gasteiger partial charge >= 0.3 is 0 Å². The summed E-state index contributed by atoms with van der Waals surface area (Å²) in [5, 5.41) is 12.7. The molecule has 1 aliphatic heterocycles. The van der Waals surface area contributed by atoms with E-state index in [0.717, 1.165) is 25.4 Å². The summed E-state index contributed by atoms with van der Waals surface area (Å²) in [7, 11) is 0. The smallest absolute Gasteiger partial charge is 0.194 e. The van der Waals surface area contributed by atoms with Crippen LogP contribution in [0.2, 0.25) is 0 Å². The second-order valence-corrected chi connectivity index (χ2v) is 4.26. The maximum atomic E-state index is 9.31. The van der Waals surface area contributed by atoms with Gasteiger partial charge in [-0.05, 0) is 38.8 Å². The molecule has 4 heteroatoms. The Balaban J connectivity index is 1.91. The summed E-state index contributed by atoms with van der Waals surface area (Å²) in [6.07, 6.45) is 4.36. The number of nitrogens with one attached hydrogen (secondary N) is 1. The minimum absolute atomic E-state index is 0.535. The molecule has 0 bridgehead atoms. The number of aromatic nitrogens is 1.